The molecule has 2 aliphatic heterocycles. The molecule has 130 valence electrons. The van der Waals surface area contributed by atoms with E-state index in [1.54, 1.807) is 0 Å². The molecule has 0 bridgehead atoms. The number of ketones is 3. The van der Waals surface area contributed by atoms with Gasteiger partial charge in [0.1, 0.15) is 0 Å². The Morgan fingerprint density at radius 3 is 2.25 bits per heavy atom. The van der Waals surface area contributed by atoms with E-state index in [0.717, 1.165) is 11.8 Å². The molecule has 2 rings (SSSR count). The van der Waals surface area contributed by atoms with Gasteiger partial charge in [0.2, 0.25) is 11.6 Å². The number of carbonyl (C=O) groups is 6. The Balaban J connectivity index is 2.16. The lowest BCUT2D eigenvalue weighted by Gasteiger charge is -2.17. The Hall–Kier alpha value is -2.47. The second-order valence-electron chi connectivity index (χ2n) is 5.16. The lowest BCUT2D eigenvalue weighted by molar-refractivity contribution is -0.164. The van der Waals surface area contributed by atoms with Gasteiger partial charge >= 0.3 is 18.0 Å². The van der Waals surface area contributed by atoms with E-state index in [9.17, 15) is 33.9 Å². The Morgan fingerprint density at radius 2 is 1.71 bits per heavy atom. The van der Waals surface area contributed by atoms with Crippen molar-refractivity contribution in [1.29, 1.82) is 0 Å². The number of nitrogens with one attached hydrogen (secondary N) is 2. The summed E-state index contributed by atoms with van der Waals surface area (Å²) in [5.41, 5.74) is 0. The van der Waals surface area contributed by atoms with E-state index in [2.05, 4.69) is 10.6 Å². The van der Waals surface area contributed by atoms with Crippen molar-refractivity contribution in [2.24, 2.45) is 5.92 Å². The number of fused-ring (bicyclic) bond motifs is 1. The van der Waals surface area contributed by atoms with Gasteiger partial charge in [-0.25, -0.2) is 9.59 Å². The SMILES string of the molecule is O=C1N[C@H]2[C@H](CS[C@H]2C(=O)C(=O)C(=O)C(C(=O)O)C(O)C(=O)O)N1. The zero-order valence-corrected chi connectivity index (χ0v) is 12.6. The maximum atomic E-state index is 12.2. The predicted octanol–water partition coefficient (Wildman–Crippen LogP) is -2.99. The molecule has 12 heteroatoms. The number of aliphatic carboxylic acids is 2. The van der Waals surface area contributed by atoms with Crippen LogP contribution in [0, 0.1) is 5.92 Å². The maximum Gasteiger partial charge on any atom is 0.333 e. The molecule has 0 radical (unpaired) electrons. The van der Waals surface area contributed by atoms with Gasteiger partial charge in [0.15, 0.2) is 12.0 Å². The van der Waals surface area contributed by atoms with Crippen LogP contribution in [0.1, 0.15) is 0 Å². The van der Waals surface area contributed by atoms with E-state index >= 15 is 0 Å². The van der Waals surface area contributed by atoms with Crippen molar-refractivity contribution in [1.82, 2.24) is 10.6 Å². The number of carboxylic acid groups (broad SMARTS) is 2. The third kappa shape index (κ3) is 3.10. The minimum atomic E-state index is -2.66. The molecule has 2 saturated heterocycles. The number of thioether (sulfide) groups is 1. The van der Waals surface area contributed by atoms with E-state index in [0.29, 0.717) is 5.75 Å². The van der Waals surface area contributed by atoms with E-state index < -0.39 is 64.7 Å². The quantitative estimate of drug-likeness (QED) is 0.178. The molecule has 0 spiro atoms. The number of aliphatic hydroxyl groups is 1. The van der Waals surface area contributed by atoms with Crippen molar-refractivity contribution in [3.8, 4) is 0 Å². The van der Waals surface area contributed by atoms with Crippen LogP contribution < -0.4 is 10.6 Å². The van der Waals surface area contributed by atoms with Gasteiger partial charge in [0, 0.05) is 5.75 Å². The summed E-state index contributed by atoms with van der Waals surface area (Å²) in [7, 11) is 0. The molecule has 0 aromatic heterocycles. The first-order valence-electron chi connectivity index (χ1n) is 6.59. The first kappa shape index (κ1) is 17.9. The standard InChI is InChI=1S/C12H12N2O9S/c15-5(3(10(19)20)6(16)11(21)22)7(17)8(18)9-4-2(1-24-9)13-12(23)14-4/h2-4,6,9,16H,1H2,(H,19,20)(H,21,22)(H2,13,14,23)/t2-,3?,4-,6?,9+/m0/s1. The zero-order chi connectivity index (χ0) is 18.2. The van der Waals surface area contributed by atoms with Crippen molar-refractivity contribution in [2.75, 3.05) is 5.75 Å². The smallest absolute Gasteiger partial charge is 0.333 e. The van der Waals surface area contributed by atoms with Crippen molar-refractivity contribution in [3.05, 3.63) is 0 Å². The van der Waals surface area contributed by atoms with Crippen molar-refractivity contribution < 1.29 is 44.1 Å². The van der Waals surface area contributed by atoms with Crippen LogP contribution in [0.2, 0.25) is 0 Å². The monoisotopic (exact) mass is 360 g/mol. The summed E-state index contributed by atoms with van der Waals surface area (Å²) in [6.45, 7) is 0. The molecule has 2 aliphatic rings. The molecular formula is C12H12N2O9S. The largest absolute Gasteiger partial charge is 0.481 e. The summed E-state index contributed by atoms with van der Waals surface area (Å²) in [5.74, 6) is -11.1. The fourth-order valence-corrected chi connectivity index (χ4v) is 3.89. The van der Waals surface area contributed by atoms with Gasteiger partial charge in [0.05, 0.1) is 17.3 Å². The molecule has 2 fully saturated rings. The number of amides is 2. The van der Waals surface area contributed by atoms with E-state index in [1.807, 2.05) is 0 Å². The molecule has 5 N–H and O–H groups in total. The molecule has 2 unspecified atom stereocenters. The summed E-state index contributed by atoms with van der Waals surface area (Å²) in [6.07, 6.45) is -2.66. The first-order chi connectivity index (χ1) is 11.1. The Bertz CT molecular complexity index is 648. The molecule has 0 aromatic rings. The molecular weight excluding hydrogens is 348 g/mol. The van der Waals surface area contributed by atoms with Crippen molar-refractivity contribution in [3.63, 3.8) is 0 Å². The van der Waals surface area contributed by atoms with Gasteiger partial charge in [0.25, 0.3) is 5.78 Å². The molecule has 5 atom stereocenters. The molecule has 24 heavy (non-hydrogen) atoms. The van der Waals surface area contributed by atoms with E-state index in [4.69, 9.17) is 10.2 Å². The van der Waals surface area contributed by atoms with Gasteiger partial charge < -0.3 is 26.0 Å². The summed E-state index contributed by atoms with van der Waals surface area (Å²) >= 11 is 0.999. The number of aliphatic hydroxyl groups excluding tert-OH is 1. The summed E-state index contributed by atoms with van der Waals surface area (Å²) in [4.78, 5) is 68.9. The highest BCUT2D eigenvalue weighted by Crippen LogP contribution is 2.31. The normalized spacial score (nSPS) is 27.4. The van der Waals surface area contributed by atoms with Crippen LogP contribution >= 0.6 is 11.8 Å². The molecule has 0 aromatic carbocycles. The van der Waals surface area contributed by atoms with Crippen LogP contribution in [0.3, 0.4) is 0 Å². The minimum Gasteiger partial charge on any atom is -0.481 e. The summed E-state index contributed by atoms with van der Waals surface area (Å²) in [5, 5.41) is 30.6. The number of rotatable bonds is 7. The third-order valence-corrected chi connectivity index (χ3v) is 5.07. The Morgan fingerprint density at radius 1 is 1.08 bits per heavy atom. The number of hydrogen-bond acceptors (Lipinski definition) is 8. The van der Waals surface area contributed by atoms with Gasteiger partial charge in [-0.05, 0) is 0 Å². The fraction of sp³-hybridized carbons (Fsp3) is 0.500. The Labute approximate surface area is 137 Å². The first-order valence-corrected chi connectivity index (χ1v) is 7.64. The highest BCUT2D eigenvalue weighted by molar-refractivity contribution is 8.01. The van der Waals surface area contributed by atoms with Crippen LogP contribution in [0.15, 0.2) is 0 Å². The van der Waals surface area contributed by atoms with Crippen LogP contribution in [-0.4, -0.2) is 79.8 Å². The fourth-order valence-electron chi connectivity index (χ4n) is 2.46. The van der Waals surface area contributed by atoms with E-state index in [1.165, 1.54) is 0 Å². The summed E-state index contributed by atoms with van der Waals surface area (Å²) in [6, 6.07) is -1.69. The predicted molar refractivity (Wildman–Crippen MR) is 75.3 cm³/mol. The number of carbonyl (C=O) groups excluding carboxylic acids is 4. The second-order valence-corrected chi connectivity index (χ2v) is 6.34. The van der Waals surface area contributed by atoms with Gasteiger partial charge in [-0.2, -0.15) is 0 Å². The maximum absolute atomic E-state index is 12.2. The lowest BCUT2D eigenvalue weighted by Crippen LogP contribution is -2.49. The zero-order valence-electron chi connectivity index (χ0n) is 11.8. The van der Waals surface area contributed by atoms with Crippen molar-refractivity contribution >= 4 is 47.1 Å². The average molecular weight is 360 g/mol. The molecule has 0 saturated carbocycles. The van der Waals surface area contributed by atoms with Crippen LogP contribution in [0.25, 0.3) is 0 Å². The molecule has 0 aliphatic carbocycles. The number of carboxylic acids is 2. The number of urea groups is 1. The molecule has 2 amide bonds. The minimum absolute atomic E-state index is 0.307. The lowest BCUT2D eigenvalue weighted by atomic mass is 9.91. The number of Topliss-reactive ketones (excluding diaryl/α,β-unsaturated/α-hetero) is 3. The molecule has 11 nitrogen and oxygen atoms in total. The second kappa shape index (κ2) is 6.57. The summed E-state index contributed by atoms with van der Waals surface area (Å²) < 4.78 is 0. The highest BCUT2D eigenvalue weighted by Gasteiger charge is 2.51. The topological polar surface area (TPSA) is 187 Å². The van der Waals surface area contributed by atoms with Crippen molar-refractivity contribution in [2.45, 2.75) is 23.4 Å². The van der Waals surface area contributed by atoms with Crippen LogP contribution in [0.5, 0.6) is 0 Å². The highest BCUT2D eigenvalue weighted by atomic mass is 32.2. The Kier molecular flexibility index (Phi) is 4.89. The van der Waals surface area contributed by atoms with E-state index in [-0.39, 0.29) is 0 Å². The van der Waals surface area contributed by atoms with Gasteiger partial charge in [-0.1, -0.05) is 0 Å². The van der Waals surface area contributed by atoms with Crippen LogP contribution in [-0.2, 0) is 24.0 Å². The van der Waals surface area contributed by atoms with Gasteiger partial charge in [-0.3, -0.25) is 19.2 Å². The average Bonchev–Trinajstić information content (AvgIpc) is 3.03. The number of hydrogen-bond donors (Lipinski definition) is 5. The third-order valence-electron chi connectivity index (χ3n) is 3.65. The van der Waals surface area contributed by atoms with Gasteiger partial charge in [-0.15, -0.1) is 11.8 Å². The molecule has 2 heterocycles. The van der Waals surface area contributed by atoms with Crippen LogP contribution in [0.4, 0.5) is 4.79 Å².